The molecule has 8 heteroatoms. The van der Waals surface area contributed by atoms with Gasteiger partial charge in [0.2, 0.25) is 5.91 Å². The van der Waals surface area contributed by atoms with Crippen molar-refractivity contribution >= 4 is 5.91 Å². The van der Waals surface area contributed by atoms with Gasteiger partial charge in [0, 0.05) is 0 Å². The number of halogens is 5. The van der Waals surface area contributed by atoms with Crippen molar-refractivity contribution in [2.24, 2.45) is 5.73 Å². The average molecular weight is 207 g/mol. The van der Waals surface area contributed by atoms with Gasteiger partial charge in [-0.05, 0) is 0 Å². The number of hydrogen-bond acceptors (Lipinski definition) is 2. The Hall–Kier alpha value is -0.920. The summed E-state index contributed by atoms with van der Waals surface area (Å²) in [6, 6.07) is 0. The van der Waals surface area contributed by atoms with Crippen molar-refractivity contribution in [1.82, 2.24) is 0 Å². The maximum absolute atomic E-state index is 12.0. The van der Waals surface area contributed by atoms with Crippen LogP contribution in [0.4, 0.5) is 22.0 Å². The van der Waals surface area contributed by atoms with Crippen LogP contribution in [-0.2, 0) is 9.53 Å². The number of alkyl halides is 5. The fourth-order valence-electron chi connectivity index (χ4n) is 0.362. The molecule has 1 amide bonds. The van der Waals surface area contributed by atoms with E-state index in [4.69, 9.17) is 0 Å². The Bertz CT molecular complexity index is 190. The molecule has 0 saturated carbocycles. The lowest BCUT2D eigenvalue weighted by molar-refractivity contribution is -0.296. The predicted octanol–water partition coefficient (Wildman–Crippen LogP) is 0.686. The minimum absolute atomic E-state index is 0.967. The highest BCUT2D eigenvalue weighted by Gasteiger charge is 2.57. The Balaban J connectivity index is 3.97. The molecular formula is C5H6F5NO2. The molecule has 0 bridgehead atoms. The zero-order valence-corrected chi connectivity index (χ0v) is 6.20. The highest BCUT2D eigenvalue weighted by molar-refractivity contribution is 5.74. The molecule has 0 rings (SSSR count). The smallest absolute Gasteiger partial charge is 0.368 e. The summed E-state index contributed by atoms with van der Waals surface area (Å²) < 4.78 is 61.9. The summed E-state index contributed by atoms with van der Waals surface area (Å²) >= 11 is 0. The van der Waals surface area contributed by atoms with Crippen LogP contribution in [0.3, 0.4) is 0 Å². The highest BCUT2D eigenvalue weighted by Crippen LogP contribution is 2.35. The molecule has 0 aliphatic rings. The van der Waals surface area contributed by atoms with Gasteiger partial charge in [0.15, 0.2) is 0 Å². The Labute approximate surface area is 69.6 Å². The number of ether oxygens (including phenoxy) is 1. The fourth-order valence-corrected chi connectivity index (χ4v) is 0.362. The van der Waals surface area contributed by atoms with Crippen molar-refractivity contribution in [2.75, 3.05) is 13.2 Å². The largest absolute Gasteiger partial charge is 0.455 e. The molecule has 2 N–H and O–H groups in total. The lowest BCUT2D eigenvalue weighted by Gasteiger charge is -2.18. The molecule has 0 fully saturated rings. The van der Waals surface area contributed by atoms with Crippen molar-refractivity contribution in [1.29, 1.82) is 0 Å². The maximum atomic E-state index is 12.0. The van der Waals surface area contributed by atoms with E-state index in [1.54, 1.807) is 0 Å². The first kappa shape index (κ1) is 12.1. The molecule has 0 aromatic heterocycles. The van der Waals surface area contributed by atoms with Crippen molar-refractivity contribution < 1.29 is 31.5 Å². The Morgan fingerprint density at radius 1 is 1.23 bits per heavy atom. The van der Waals surface area contributed by atoms with Crippen molar-refractivity contribution in [3.8, 4) is 0 Å². The zero-order valence-electron chi connectivity index (χ0n) is 6.20. The molecule has 13 heavy (non-hydrogen) atoms. The Morgan fingerprint density at radius 3 is 2.00 bits per heavy atom. The molecule has 0 radical (unpaired) electrons. The van der Waals surface area contributed by atoms with Crippen LogP contribution in [0.1, 0.15) is 0 Å². The second-order valence-corrected chi connectivity index (χ2v) is 2.16. The minimum Gasteiger partial charge on any atom is -0.368 e. The van der Waals surface area contributed by atoms with E-state index in [2.05, 4.69) is 10.5 Å². The lowest BCUT2D eigenvalue weighted by Crippen LogP contribution is -2.41. The second kappa shape index (κ2) is 3.86. The van der Waals surface area contributed by atoms with Crippen molar-refractivity contribution in [3.63, 3.8) is 0 Å². The number of nitrogens with two attached hydrogens (primary N) is 1. The molecule has 0 aromatic rings. The first-order valence-corrected chi connectivity index (χ1v) is 2.97. The summed E-state index contributed by atoms with van der Waals surface area (Å²) in [5.74, 6) is -6.07. The van der Waals surface area contributed by atoms with E-state index >= 15 is 0 Å². The number of rotatable bonds is 4. The van der Waals surface area contributed by atoms with Gasteiger partial charge in [-0.15, -0.1) is 0 Å². The van der Waals surface area contributed by atoms with Crippen molar-refractivity contribution in [3.05, 3.63) is 0 Å². The van der Waals surface area contributed by atoms with Gasteiger partial charge in [-0.1, -0.05) is 0 Å². The molecule has 0 atom stereocenters. The van der Waals surface area contributed by atoms with Gasteiger partial charge in [0.1, 0.15) is 13.2 Å². The van der Waals surface area contributed by atoms with Gasteiger partial charge in [0.25, 0.3) is 0 Å². The van der Waals surface area contributed by atoms with Gasteiger partial charge >= 0.3 is 12.1 Å². The van der Waals surface area contributed by atoms with Crippen LogP contribution in [0.15, 0.2) is 0 Å². The van der Waals surface area contributed by atoms with Crippen LogP contribution in [0.2, 0.25) is 0 Å². The zero-order chi connectivity index (χ0) is 10.7. The molecule has 0 aliphatic heterocycles. The third-order valence-corrected chi connectivity index (χ3v) is 0.942. The summed E-state index contributed by atoms with van der Waals surface area (Å²) in [4.78, 5) is 9.91. The summed E-state index contributed by atoms with van der Waals surface area (Å²) in [6.45, 7) is -2.87. The topological polar surface area (TPSA) is 52.3 Å². The van der Waals surface area contributed by atoms with Crippen LogP contribution in [-0.4, -0.2) is 31.2 Å². The number of carbonyl (C=O) groups excluding carboxylic acids is 1. The van der Waals surface area contributed by atoms with E-state index in [-0.39, 0.29) is 0 Å². The first-order chi connectivity index (χ1) is 5.67. The van der Waals surface area contributed by atoms with E-state index in [9.17, 15) is 26.7 Å². The van der Waals surface area contributed by atoms with Gasteiger partial charge in [-0.25, -0.2) is 0 Å². The molecule has 0 saturated heterocycles. The Kier molecular flexibility index (Phi) is 3.59. The van der Waals surface area contributed by atoms with Crippen LogP contribution < -0.4 is 5.73 Å². The average Bonchev–Trinajstić information content (AvgIpc) is 1.82. The third kappa shape index (κ3) is 4.02. The van der Waals surface area contributed by atoms with E-state index in [1.165, 1.54) is 0 Å². The van der Waals surface area contributed by atoms with Gasteiger partial charge in [-0.3, -0.25) is 4.79 Å². The molecule has 3 nitrogen and oxygen atoms in total. The highest BCUT2D eigenvalue weighted by atomic mass is 19.4. The summed E-state index contributed by atoms with van der Waals surface area (Å²) in [6.07, 6.45) is -5.68. The van der Waals surface area contributed by atoms with Crippen LogP contribution in [0.25, 0.3) is 0 Å². The molecule has 0 unspecified atom stereocenters. The quantitative estimate of drug-likeness (QED) is 0.689. The van der Waals surface area contributed by atoms with Crippen LogP contribution >= 0.6 is 0 Å². The van der Waals surface area contributed by atoms with Crippen LogP contribution in [0.5, 0.6) is 0 Å². The SMILES string of the molecule is NC(=O)COCC(F)(F)C(F)(F)F. The summed E-state index contributed by atoms with van der Waals surface area (Å²) in [5, 5.41) is 0. The molecular weight excluding hydrogens is 201 g/mol. The molecule has 0 aliphatic carbocycles. The van der Waals surface area contributed by atoms with E-state index < -0.39 is 31.2 Å². The van der Waals surface area contributed by atoms with Gasteiger partial charge in [-0.2, -0.15) is 22.0 Å². The minimum atomic E-state index is -5.68. The number of amides is 1. The molecule has 0 spiro atoms. The van der Waals surface area contributed by atoms with Gasteiger partial charge in [0.05, 0.1) is 0 Å². The first-order valence-electron chi connectivity index (χ1n) is 2.97. The predicted molar refractivity (Wildman–Crippen MR) is 31.0 cm³/mol. The number of carbonyl (C=O) groups is 1. The van der Waals surface area contributed by atoms with Crippen LogP contribution in [0, 0.1) is 0 Å². The van der Waals surface area contributed by atoms with E-state index in [0.29, 0.717) is 0 Å². The van der Waals surface area contributed by atoms with E-state index in [1.807, 2.05) is 0 Å². The fraction of sp³-hybridized carbons (Fsp3) is 0.800. The standard InChI is InChI=1S/C5H6F5NO2/c6-4(7,5(8,9)10)2-13-1-3(11)12/h1-2H2,(H2,11,12). The summed E-state index contributed by atoms with van der Waals surface area (Å²) in [7, 11) is 0. The molecule has 0 heterocycles. The van der Waals surface area contributed by atoms with Crippen molar-refractivity contribution in [2.45, 2.75) is 12.1 Å². The molecule has 0 aromatic carbocycles. The van der Waals surface area contributed by atoms with E-state index in [0.717, 1.165) is 0 Å². The summed E-state index contributed by atoms with van der Waals surface area (Å²) in [5.41, 5.74) is 4.44. The van der Waals surface area contributed by atoms with Gasteiger partial charge < -0.3 is 10.5 Å². The molecule has 78 valence electrons. The normalized spacial score (nSPS) is 13.0. The second-order valence-electron chi connectivity index (χ2n) is 2.16. The number of hydrogen-bond donors (Lipinski definition) is 1. The maximum Gasteiger partial charge on any atom is 0.455 e. The third-order valence-electron chi connectivity index (χ3n) is 0.942. The monoisotopic (exact) mass is 207 g/mol. The number of primary amides is 1. The Morgan fingerprint density at radius 2 is 1.69 bits per heavy atom. The lowest BCUT2D eigenvalue weighted by atomic mass is 10.3.